The van der Waals surface area contributed by atoms with Gasteiger partial charge in [-0.3, -0.25) is 19.2 Å². The number of phenols is 1. The first-order valence-corrected chi connectivity index (χ1v) is 15.0. The molecule has 3 heterocycles. The first kappa shape index (κ1) is 31.3. The molecule has 0 saturated carbocycles. The fraction of sp³-hybridized carbons (Fsp3) is 0.633. The first-order chi connectivity index (χ1) is 20.0. The van der Waals surface area contributed by atoms with Gasteiger partial charge >= 0.3 is 5.97 Å². The lowest BCUT2D eigenvalue weighted by atomic mass is 10.00. The largest absolute Gasteiger partial charge is 0.508 e. The third-order valence-electron chi connectivity index (χ3n) is 8.35. The van der Waals surface area contributed by atoms with E-state index in [-0.39, 0.29) is 30.0 Å². The topological polar surface area (TPSA) is 168 Å². The molecule has 0 radical (unpaired) electrons. The van der Waals surface area contributed by atoms with Crippen LogP contribution in [0.1, 0.15) is 64.4 Å². The summed E-state index contributed by atoms with van der Waals surface area (Å²) in [5.74, 6) is -2.55. The van der Waals surface area contributed by atoms with Crippen LogP contribution in [0, 0.1) is 5.92 Å². The average Bonchev–Trinajstić information content (AvgIpc) is 3.74. The Balaban J connectivity index is 1.52. The molecule has 42 heavy (non-hydrogen) atoms. The highest BCUT2D eigenvalue weighted by Crippen LogP contribution is 2.23. The molecule has 12 nitrogen and oxygen atoms in total. The summed E-state index contributed by atoms with van der Waals surface area (Å²) < 4.78 is 0. The van der Waals surface area contributed by atoms with E-state index in [2.05, 4.69) is 16.0 Å². The van der Waals surface area contributed by atoms with Crippen LogP contribution in [-0.2, 0) is 30.4 Å². The van der Waals surface area contributed by atoms with Gasteiger partial charge in [0.2, 0.25) is 23.6 Å². The standard InChI is InChI=1S/C30H43N5O7/c1-18(2)16-23(29(40)35-15-5-8-25(35)30(41)42)33-26(37)22(17-19-9-11-20(36)12-10-19)32-27(38)24-7-4-14-34(24)28(39)21-6-3-13-31-21/h9-12,18,21-25,31,36H,3-8,13-17H2,1-2H3,(H,32,38)(H,33,37)(H,41,42)/t21-,22-,23-,24-,25-/m0/s1. The third kappa shape index (κ3) is 7.58. The summed E-state index contributed by atoms with van der Waals surface area (Å²) in [7, 11) is 0. The van der Waals surface area contributed by atoms with E-state index in [0.717, 1.165) is 19.4 Å². The highest BCUT2D eigenvalue weighted by Gasteiger charge is 2.41. The lowest BCUT2D eigenvalue weighted by molar-refractivity contribution is -0.149. The molecule has 4 amide bonds. The van der Waals surface area contributed by atoms with Gasteiger partial charge in [0.05, 0.1) is 6.04 Å². The zero-order valence-electron chi connectivity index (χ0n) is 24.4. The number of aliphatic carboxylic acids is 1. The second kappa shape index (κ2) is 14.0. The number of benzene rings is 1. The van der Waals surface area contributed by atoms with Crippen LogP contribution in [0.15, 0.2) is 24.3 Å². The fourth-order valence-corrected chi connectivity index (χ4v) is 6.20. The van der Waals surface area contributed by atoms with Crippen molar-refractivity contribution in [2.75, 3.05) is 19.6 Å². The lowest BCUT2D eigenvalue weighted by Gasteiger charge is -2.31. The Morgan fingerprint density at radius 1 is 0.905 bits per heavy atom. The number of nitrogens with one attached hydrogen (secondary N) is 3. The van der Waals surface area contributed by atoms with Crippen molar-refractivity contribution in [2.24, 2.45) is 5.92 Å². The van der Waals surface area contributed by atoms with Crippen LogP contribution in [0.2, 0.25) is 0 Å². The van der Waals surface area contributed by atoms with E-state index in [1.807, 2.05) is 13.8 Å². The van der Waals surface area contributed by atoms with Crippen molar-refractivity contribution < 1.29 is 34.2 Å². The predicted molar refractivity (Wildman–Crippen MR) is 153 cm³/mol. The van der Waals surface area contributed by atoms with E-state index in [9.17, 15) is 34.2 Å². The van der Waals surface area contributed by atoms with Crippen molar-refractivity contribution in [1.29, 1.82) is 0 Å². The van der Waals surface area contributed by atoms with Crippen molar-refractivity contribution in [3.8, 4) is 5.75 Å². The number of hydrogen-bond acceptors (Lipinski definition) is 7. The second-order valence-electron chi connectivity index (χ2n) is 12.0. The number of rotatable bonds is 11. The van der Waals surface area contributed by atoms with Gasteiger partial charge in [-0.25, -0.2) is 4.79 Å². The van der Waals surface area contributed by atoms with Gasteiger partial charge in [-0.05, 0) is 75.1 Å². The molecule has 5 N–H and O–H groups in total. The van der Waals surface area contributed by atoms with Crippen LogP contribution < -0.4 is 16.0 Å². The monoisotopic (exact) mass is 585 g/mol. The van der Waals surface area contributed by atoms with E-state index in [0.29, 0.717) is 50.8 Å². The zero-order valence-corrected chi connectivity index (χ0v) is 24.4. The van der Waals surface area contributed by atoms with Gasteiger partial charge in [0.25, 0.3) is 0 Å². The molecule has 3 fully saturated rings. The van der Waals surface area contributed by atoms with Gasteiger partial charge in [-0.2, -0.15) is 0 Å². The Kier molecular flexibility index (Phi) is 10.4. The number of carboxylic acid groups (broad SMARTS) is 1. The molecule has 1 aromatic rings. The summed E-state index contributed by atoms with van der Waals surface area (Å²) >= 11 is 0. The molecule has 3 aliphatic heterocycles. The fourth-order valence-electron chi connectivity index (χ4n) is 6.20. The number of carbonyl (C=O) groups excluding carboxylic acids is 4. The molecule has 1 aromatic carbocycles. The lowest BCUT2D eigenvalue weighted by Crippen LogP contribution is -2.58. The number of phenolic OH excluding ortho intramolecular Hbond substituents is 1. The van der Waals surface area contributed by atoms with E-state index in [1.54, 1.807) is 17.0 Å². The van der Waals surface area contributed by atoms with Crippen LogP contribution in [0.4, 0.5) is 0 Å². The summed E-state index contributed by atoms with van der Waals surface area (Å²) in [6.45, 7) is 5.35. The highest BCUT2D eigenvalue weighted by atomic mass is 16.4. The number of nitrogens with zero attached hydrogens (tertiary/aromatic N) is 2. The molecule has 230 valence electrons. The molecular formula is C30H43N5O7. The maximum Gasteiger partial charge on any atom is 0.326 e. The van der Waals surface area contributed by atoms with Crippen LogP contribution in [0.3, 0.4) is 0 Å². The van der Waals surface area contributed by atoms with E-state index in [4.69, 9.17) is 0 Å². The molecule has 0 aromatic heterocycles. The minimum absolute atomic E-state index is 0.0255. The minimum Gasteiger partial charge on any atom is -0.508 e. The Bertz CT molecular complexity index is 1150. The Hall–Kier alpha value is -3.67. The molecule has 4 rings (SSSR count). The Morgan fingerprint density at radius 2 is 1.57 bits per heavy atom. The van der Waals surface area contributed by atoms with Gasteiger partial charge in [0.15, 0.2) is 0 Å². The molecule has 12 heteroatoms. The third-order valence-corrected chi connectivity index (χ3v) is 8.35. The summed E-state index contributed by atoms with van der Waals surface area (Å²) in [5.41, 5.74) is 0.681. The van der Waals surface area contributed by atoms with Crippen molar-refractivity contribution in [3.05, 3.63) is 29.8 Å². The maximum absolute atomic E-state index is 13.8. The zero-order chi connectivity index (χ0) is 30.4. The molecule has 0 bridgehead atoms. The number of likely N-dealkylation sites (tertiary alicyclic amines) is 2. The number of carbonyl (C=O) groups is 5. The number of amides is 4. The SMILES string of the molecule is CC(C)C[C@H](NC(=O)[C@H](Cc1ccc(O)cc1)NC(=O)[C@@H]1CCCN1C(=O)[C@@H]1CCCN1)C(=O)N1CCC[C@H]1C(=O)O. The van der Waals surface area contributed by atoms with E-state index in [1.165, 1.54) is 17.0 Å². The molecule has 0 unspecified atom stereocenters. The second-order valence-corrected chi connectivity index (χ2v) is 12.0. The maximum atomic E-state index is 13.8. The Morgan fingerprint density at radius 3 is 2.19 bits per heavy atom. The van der Waals surface area contributed by atoms with Gasteiger partial charge < -0.3 is 36.0 Å². The van der Waals surface area contributed by atoms with Crippen molar-refractivity contribution in [3.63, 3.8) is 0 Å². The highest BCUT2D eigenvalue weighted by molar-refractivity contribution is 5.96. The number of carboxylic acids is 1. The molecule has 3 saturated heterocycles. The summed E-state index contributed by atoms with van der Waals surface area (Å²) in [6.07, 6.45) is 4.10. The average molecular weight is 586 g/mol. The van der Waals surface area contributed by atoms with Gasteiger partial charge in [0.1, 0.15) is 29.9 Å². The van der Waals surface area contributed by atoms with E-state index < -0.39 is 47.9 Å². The van der Waals surface area contributed by atoms with Crippen LogP contribution in [0.5, 0.6) is 5.75 Å². The summed E-state index contributed by atoms with van der Waals surface area (Å²) in [5, 5.41) is 28.2. The smallest absolute Gasteiger partial charge is 0.326 e. The minimum atomic E-state index is -1.07. The molecule has 0 spiro atoms. The van der Waals surface area contributed by atoms with Crippen molar-refractivity contribution in [1.82, 2.24) is 25.8 Å². The number of aromatic hydroxyl groups is 1. The van der Waals surface area contributed by atoms with Gasteiger partial charge in [0, 0.05) is 19.5 Å². The van der Waals surface area contributed by atoms with Crippen molar-refractivity contribution in [2.45, 2.75) is 95.4 Å². The van der Waals surface area contributed by atoms with E-state index >= 15 is 0 Å². The van der Waals surface area contributed by atoms with Crippen LogP contribution in [-0.4, -0.2) is 99.5 Å². The number of hydrogen-bond donors (Lipinski definition) is 5. The predicted octanol–water partition coefficient (Wildman–Crippen LogP) is 0.769. The van der Waals surface area contributed by atoms with Crippen LogP contribution >= 0.6 is 0 Å². The van der Waals surface area contributed by atoms with Gasteiger partial charge in [-0.15, -0.1) is 0 Å². The van der Waals surface area contributed by atoms with Crippen LogP contribution in [0.25, 0.3) is 0 Å². The quantitative estimate of drug-likeness (QED) is 0.254. The Labute approximate surface area is 246 Å². The molecule has 0 aliphatic carbocycles. The van der Waals surface area contributed by atoms with Gasteiger partial charge in [-0.1, -0.05) is 26.0 Å². The summed E-state index contributed by atoms with van der Waals surface area (Å²) in [6, 6.07) is 2.30. The molecule has 5 atom stereocenters. The molecular weight excluding hydrogens is 542 g/mol. The molecule has 3 aliphatic rings. The summed E-state index contributed by atoms with van der Waals surface area (Å²) in [4.78, 5) is 68.6. The first-order valence-electron chi connectivity index (χ1n) is 15.0. The normalized spacial score (nSPS) is 23.5. The van der Waals surface area contributed by atoms with Crippen molar-refractivity contribution >= 4 is 29.6 Å².